The second-order valence-corrected chi connectivity index (χ2v) is 4.49. The van der Waals surface area contributed by atoms with E-state index in [0.717, 1.165) is 11.1 Å². The predicted molar refractivity (Wildman–Crippen MR) is 68.2 cm³/mol. The monoisotopic (exact) mass is 229 g/mol. The number of Topliss-reactive ketones (excluding diaryl/α,β-unsaturated/α-hetero) is 1. The molecular formula is C14H17N2O. The first-order valence-corrected chi connectivity index (χ1v) is 5.68. The Labute approximate surface area is 102 Å². The third-order valence-corrected chi connectivity index (χ3v) is 2.83. The summed E-state index contributed by atoms with van der Waals surface area (Å²) in [5, 5.41) is 0. The molecule has 1 aromatic rings. The zero-order chi connectivity index (χ0) is 12.4. The largest absolute Gasteiger partial charge is 0.356 e. The lowest BCUT2D eigenvalue weighted by atomic mass is 10.0. The molecule has 1 aliphatic rings. The summed E-state index contributed by atoms with van der Waals surface area (Å²) in [6.45, 7) is 6.31. The fourth-order valence-corrected chi connectivity index (χ4v) is 1.97. The molecule has 0 aromatic heterocycles. The standard InChI is InChI=1S/C14H17N2O/c1-11-4-5-13(12(2)8-11)14(17)9-16-7-6-15(3)10-16/h4-8,10H,9H2,1-3H3. The summed E-state index contributed by atoms with van der Waals surface area (Å²) in [5.41, 5.74) is 3.05. The van der Waals surface area contributed by atoms with E-state index in [-0.39, 0.29) is 5.78 Å². The minimum Gasteiger partial charge on any atom is -0.356 e. The molecule has 2 rings (SSSR count). The van der Waals surface area contributed by atoms with E-state index in [2.05, 4.69) is 0 Å². The highest BCUT2D eigenvalue weighted by Crippen LogP contribution is 2.14. The fraction of sp³-hybridized carbons (Fsp3) is 0.286. The Morgan fingerprint density at radius 1 is 1.24 bits per heavy atom. The van der Waals surface area contributed by atoms with Crippen LogP contribution in [0.15, 0.2) is 30.6 Å². The number of ketones is 1. The van der Waals surface area contributed by atoms with Crippen LogP contribution in [0.2, 0.25) is 0 Å². The Bertz CT molecular complexity index is 465. The van der Waals surface area contributed by atoms with Gasteiger partial charge in [0.05, 0.1) is 6.54 Å². The Morgan fingerprint density at radius 2 is 2.00 bits per heavy atom. The lowest BCUT2D eigenvalue weighted by Gasteiger charge is -2.16. The van der Waals surface area contributed by atoms with E-state index < -0.39 is 0 Å². The predicted octanol–water partition coefficient (Wildman–Crippen LogP) is 2.32. The van der Waals surface area contributed by atoms with Gasteiger partial charge in [-0.25, -0.2) is 0 Å². The van der Waals surface area contributed by atoms with E-state index in [0.29, 0.717) is 6.54 Å². The number of nitrogens with zero attached hydrogens (tertiary/aromatic N) is 2. The van der Waals surface area contributed by atoms with Crippen molar-refractivity contribution in [2.45, 2.75) is 13.8 Å². The van der Waals surface area contributed by atoms with Crippen molar-refractivity contribution in [3.8, 4) is 0 Å². The summed E-state index contributed by atoms with van der Waals surface area (Å²) < 4.78 is 0. The maximum Gasteiger partial charge on any atom is 0.182 e. The lowest BCUT2D eigenvalue weighted by molar-refractivity contribution is 0.0961. The molecule has 0 bridgehead atoms. The molecule has 0 spiro atoms. The SMILES string of the molecule is Cc1ccc(C(=O)CN2[CH]N(C)C=C2)c(C)c1. The van der Waals surface area contributed by atoms with Gasteiger partial charge in [-0.1, -0.05) is 23.8 Å². The highest BCUT2D eigenvalue weighted by molar-refractivity contribution is 5.99. The average molecular weight is 229 g/mol. The molecule has 1 radical (unpaired) electrons. The average Bonchev–Trinajstić information content (AvgIpc) is 2.63. The van der Waals surface area contributed by atoms with Gasteiger partial charge in [0.2, 0.25) is 0 Å². The quantitative estimate of drug-likeness (QED) is 0.743. The van der Waals surface area contributed by atoms with Crippen LogP contribution in [0.1, 0.15) is 21.5 Å². The molecule has 0 N–H and O–H groups in total. The zero-order valence-corrected chi connectivity index (χ0v) is 10.5. The summed E-state index contributed by atoms with van der Waals surface area (Å²) in [4.78, 5) is 15.9. The maximum absolute atomic E-state index is 12.1. The van der Waals surface area contributed by atoms with Gasteiger partial charge in [0.25, 0.3) is 0 Å². The molecule has 0 amide bonds. The molecular weight excluding hydrogens is 212 g/mol. The number of aryl methyl sites for hydroxylation is 2. The zero-order valence-electron chi connectivity index (χ0n) is 10.5. The normalized spacial score (nSPS) is 14.5. The van der Waals surface area contributed by atoms with Crippen LogP contribution in [-0.2, 0) is 0 Å². The highest BCUT2D eigenvalue weighted by atomic mass is 16.1. The Kier molecular flexibility index (Phi) is 3.18. The fourth-order valence-electron chi connectivity index (χ4n) is 1.97. The van der Waals surface area contributed by atoms with Crippen LogP contribution in [0.25, 0.3) is 0 Å². The van der Waals surface area contributed by atoms with Crippen molar-refractivity contribution in [3.63, 3.8) is 0 Å². The molecule has 17 heavy (non-hydrogen) atoms. The van der Waals surface area contributed by atoms with E-state index in [1.807, 2.05) is 68.0 Å². The molecule has 89 valence electrons. The first-order chi connectivity index (χ1) is 8.06. The smallest absolute Gasteiger partial charge is 0.182 e. The Balaban J connectivity index is 2.07. The van der Waals surface area contributed by atoms with Gasteiger partial charge in [-0.3, -0.25) is 4.79 Å². The number of benzene rings is 1. The molecule has 3 nitrogen and oxygen atoms in total. The summed E-state index contributed by atoms with van der Waals surface area (Å²) in [6.07, 6.45) is 3.83. The van der Waals surface area contributed by atoms with Crippen LogP contribution in [0, 0.1) is 20.5 Å². The minimum absolute atomic E-state index is 0.152. The topological polar surface area (TPSA) is 23.6 Å². The van der Waals surface area contributed by atoms with E-state index >= 15 is 0 Å². The van der Waals surface area contributed by atoms with Crippen LogP contribution in [0.3, 0.4) is 0 Å². The lowest BCUT2D eigenvalue weighted by Crippen LogP contribution is -2.24. The van der Waals surface area contributed by atoms with Crippen molar-refractivity contribution in [3.05, 3.63) is 54.0 Å². The molecule has 0 aliphatic carbocycles. The van der Waals surface area contributed by atoms with Crippen LogP contribution >= 0.6 is 0 Å². The Hall–Kier alpha value is -1.77. The van der Waals surface area contributed by atoms with E-state index in [9.17, 15) is 4.79 Å². The number of carbonyl (C=O) groups is 1. The van der Waals surface area contributed by atoms with Crippen molar-refractivity contribution in [2.75, 3.05) is 13.6 Å². The second kappa shape index (κ2) is 4.62. The second-order valence-electron chi connectivity index (χ2n) is 4.49. The van der Waals surface area contributed by atoms with Crippen LogP contribution in [0.4, 0.5) is 0 Å². The van der Waals surface area contributed by atoms with Crippen molar-refractivity contribution < 1.29 is 4.79 Å². The van der Waals surface area contributed by atoms with Gasteiger partial charge in [0.1, 0.15) is 6.67 Å². The van der Waals surface area contributed by atoms with E-state index in [4.69, 9.17) is 0 Å². The molecule has 3 heteroatoms. The van der Waals surface area contributed by atoms with Crippen LogP contribution < -0.4 is 0 Å². The molecule has 0 saturated carbocycles. The number of hydrogen-bond donors (Lipinski definition) is 0. The summed E-state index contributed by atoms with van der Waals surface area (Å²) in [6, 6.07) is 5.94. The van der Waals surface area contributed by atoms with Gasteiger partial charge in [0.15, 0.2) is 5.78 Å². The molecule has 0 fully saturated rings. The van der Waals surface area contributed by atoms with E-state index in [1.54, 1.807) is 0 Å². The number of hydrogen-bond acceptors (Lipinski definition) is 3. The first-order valence-electron chi connectivity index (χ1n) is 5.68. The molecule has 0 unspecified atom stereocenters. The van der Waals surface area contributed by atoms with Crippen molar-refractivity contribution >= 4 is 5.78 Å². The molecule has 1 heterocycles. The third-order valence-electron chi connectivity index (χ3n) is 2.83. The van der Waals surface area contributed by atoms with E-state index in [1.165, 1.54) is 5.56 Å². The van der Waals surface area contributed by atoms with Gasteiger partial charge in [-0.2, -0.15) is 0 Å². The van der Waals surface area contributed by atoms with Crippen LogP contribution in [-0.4, -0.2) is 29.2 Å². The van der Waals surface area contributed by atoms with Crippen LogP contribution in [0.5, 0.6) is 0 Å². The van der Waals surface area contributed by atoms with Crippen molar-refractivity contribution in [2.24, 2.45) is 0 Å². The van der Waals surface area contributed by atoms with Gasteiger partial charge in [-0.15, -0.1) is 0 Å². The molecule has 1 aliphatic heterocycles. The molecule has 0 atom stereocenters. The summed E-state index contributed by atoms with van der Waals surface area (Å²) in [7, 11) is 1.94. The number of carbonyl (C=O) groups excluding carboxylic acids is 1. The van der Waals surface area contributed by atoms with Crippen molar-refractivity contribution in [1.82, 2.24) is 9.80 Å². The summed E-state index contributed by atoms with van der Waals surface area (Å²) in [5.74, 6) is 0.152. The highest BCUT2D eigenvalue weighted by Gasteiger charge is 2.15. The van der Waals surface area contributed by atoms with Gasteiger partial charge in [0, 0.05) is 25.0 Å². The van der Waals surface area contributed by atoms with Gasteiger partial charge < -0.3 is 9.80 Å². The minimum atomic E-state index is 0.152. The number of rotatable bonds is 3. The third kappa shape index (κ3) is 2.67. The first kappa shape index (κ1) is 11.7. The maximum atomic E-state index is 12.1. The van der Waals surface area contributed by atoms with Gasteiger partial charge >= 0.3 is 0 Å². The molecule has 0 saturated heterocycles. The summed E-state index contributed by atoms with van der Waals surface area (Å²) >= 11 is 0. The van der Waals surface area contributed by atoms with Gasteiger partial charge in [-0.05, 0) is 19.4 Å². The Morgan fingerprint density at radius 3 is 2.59 bits per heavy atom. The molecule has 1 aromatic carbocycles. The van der Waals surface area contributed by atoms with Crippen molar-refractivity contribution in [1.29, 1.82) is 0 Å².